The molecule has 0 unspecified atom stereocenters. The average molecular weight is 440 g/mol. The first-order valence-corrected chi connectivity index (χ1v) is 9.77. The summed E-state index contributed by atoms with van der Waals surface area (Å²) in [6, 6.07) is 20.9. The molecule has 0 aliphatic rings. The maximum absolute atomic E-state index is 13.2. The van der Waals surface area contributed by atoms with Gasteiger partial charge >= 0.3 is 0 Å². The number of anilines is 1. The molecule has 30 heavy (non-hydrogen) atoms. The van der Waals surface area contributed by atoms with Crippen LogP contribution in [0, 0.1) is 0 Å². The molecule has 1 heterocycles. The molecule has 3 aromatic carbocycles. The molecule has 1 amide bonds. The van der Waals surface area contributed by atoms with Crippen LogP contribution >= 0.6 is 23.2 Å². The second kappa shape index (κ2) is 8.61. The third kappa shape index (κ3) is 4.17. The first-order chi connectivity index (χ1) is 14.5. The van der Waals surface area contributed by atoms with Crippen LogP contribution in [0.2, 0.25) is 10.0 Å². The van der Waals surface area contributed by atoms with Crippen LogP contribution in [0.25, 0.3) is 22.3 Å². The van der Waals surface area contributed by atoms with Crippen LogP contribution in [-0.2, 0) is 4.79 Å². The van der Waals surface area contributed by atoms with Gasteiger partial charge in [0, 0.05) is 16.3 Å². The van der Waals surface area contributed by atoms with E-state index in [1.54, 1.807) is 48.5 Å². The van der Waals surface area contributed by atoms with Gasteiger partial charge in [-0.15, -0.1) is 0 Å². The van der Waals surface area contributed by atoms with Crippen LogP contribution in [0.15, 0.2) is 82.0 Å². The Morgan fingerprint density at radius 3 is 2.33 bits per heavy atom. The number of hydrogen-bond acceptors (Lipinski definition) is 4. The fraction of sp³-hybridized carbons (Fsp3) is 0.0435. The summed E-state index contributed by atoms with van der Waals surface area (Å²) in [5.41, 5.74) is 0.970. The lowest BCUT2D eigenvalue weighted by molar-refractivity contribution is -0.118. The molecule has 0 atom stereocenters. The van der Waals surface area contributed by atoms with Gasteiger partial charge in [0.05, 0.1) is 10.4 Å². The number of rotatable bonds is 5. The molecule has 0 spiro atoms. The van der Waals surface area contributed by atoms with E-state index in [0.717, 1.165) is 0 Å². The van der Waals surface area contributed by atoms with Crippen molar-refractivity contribution in [3.8, 4) is 17.1 Å². The minimum atomic E-state index is -0.466. The van der Waals surface area contributed by atoms with Gasteiger partial charge in [0.1, 0.15) is 0 Å². The lowest BCUT2D eigenvalue weighted by Crippen LogP contribution is -2.22. The second-order valence-corrected chi connectivity index (χ2v) is 7.27. The Balaban J connectivity index is 1.74. The zero-order valence-corrected chi connectivity index (χ0v) is 17.0. The van der Waals surface area contributed by atoms with Crippen molar-refractivity contribution in [3.05, 3.63) is 93.1 Å². The smallest absolute Gasteiger partial charge is 0.262 e. The van der Waals surface area contributed by atoms with E-state index in [2.05, 4.69) is 5.32 Å². The number of ether oxygens (including phenoxy) is 1. The van der Waals surface area contributed by atoms with Gasteiger partial charge in [-0.3, -0.25) is 9.59 Å². The molecular formula is C23H15Cl2NO4. The number of hydrogen-bond donors (Lipinski definition) is 1. The molecule has 4 rings (SSSR count). The van der Waals surface area contributed by atoms with E-state index in [0.29, 0.717) is 16.3 Å². The van der Waals surface area contributed by atoms with Gasteiger partial charge < -0.3 is 14.5 Å². The molecule has 1 aromatic heterocycles. The van der Waals surface area contributed by atoms with E-state index < -0.39 is 11.3 Å². The van der Waals surface area contributed by atoms with E-state index in [-0.39, 0.29) is 34.1 Å². The number of carbonyl (C=O) groups excluding carboxylic acids is 1. The highest BCUT2D eigenvalue weighted by Gasteiger charge is 2.20. The molecule has 0 aliphatic carbocycles. The van der Waals surface area contributed by atoms with Crippen molar-refractivity contribution in [3.63, 3.8) is 0 Å². The Bertz CT molecular complexity index is 1270. The van der Waals surface area contributed by atoms with Gasteiger partial charge in [-0.1, -0.05) is 71.7 Å². The number of nitrogens with one attached hydrogen (secondary N) is 1. The predicted octanol–water partition coefficient (Wildman–Crippen LogP) is 5.78. The van der Waals surface area contributed by atoms with Crippen LogP contribution in [0.3, 0.4) is 0 Å². The number of halogens is 2. The maximum Gasteiger partial charge on any atom is 0.262 e. The SMILES string of the molecule is O=C(COc1c(-c2ccccc2)oc2c(Cl)cc(Cl)cc2c1=O)Nc1ccccc1. The van der Waals surface area contributed by atoms with Crippen LogP contribution < -0.4 is 15.5 Å². The highest BCUT2D eigenvalue weighted by molar-refractivity contribution is 6.38. The quantitative estimate of drug-likeness (QED) is 0.427. The fourth-order valence-electron chi connectivity index (χ4n) is 2.97. The number of para-hydroxylation sites is 1. The minimum Gasteiger partial charge on any atom is -0.476 e. The zero-order chi connectivity index (χ0) is 21.1. The monoisotopic (exact) mass is 439 g/mol. The van der Waals surface area contributed by atoms with Crippen molar-refractivity contribution in [2.75, 3.05) is 11.9 Å². The van der Waals surface area contributed by atoms with Crippen LogP contribution in [0.4, 0.5) is 5.69 Å². The summed E-state index contributed by atoms with van der Waals surface area (Å²) in [6.45, 7) is -0.376. The summed E-state index contributed by atoms with van der Waals surface area (Å²) < 4.78 is 11.6. The first kappa shape index (κ1) is 20.0. The van der Waals surface area contributed by atoms with Crippen LogP contribution in [0.5, 0.6) is 5.75 Å². The molecule has 5 nitrogen and oxygen atoms in total. The van der Waals surface area contributed by atoms with Gasteiger partial charge in [0.15, 0.2) is 18.0 Å². The van der Waals surface area contributed by atoms with E-state index in [9.17, 15) is 9.59 Å². The Hall–Kier alpha value is -3.28. The molecule has 0 radical (unpaired) electrons. The Morgan fingerprint density at radius 1 is 0.967 bits per heavy atom. The van der Waals surface area contributed by atoms with E-state index in [1.807, 2.05) is 12.1 Å². The van der Waals surface area contributed by atoms with E-state index in [1.165, 1.54) is 12.1 Å². The van der Waals surface area contributed by atoms with Crippen molar-refractivity contribution in [1.82, 2.24) is 0 Å². The summed E-state index contributed by atoms with van der Waals surface area (Å²) in [6.07, 6.45) is 0. The number of fused-ring (bicyclic) bond motifs is 1. The third-order valence-electron chi connectivity index (χ3n) is 4.31. The molecule has 0 fully saturated rings. The van der Waals surface area contributed by atoms with Gasteiger partial charge in [-0.05, 0) is 24.3 Å². The maximum atomic E-state index is 13.2. The lowest BCUT2D eigenvalue weighted by Gasteiger charge is -2.12. The van der Waals surface area contributed by atoms with Gasteiger partial charge in [0.25, 0.3) is 5.91 Å². The van der Waals surface area contributed by atoms with Crippen LogP contribution in [0.1, 0.15) is 0 Å². The minimum absolute atomic E-state index is 0.0877. The summed E-state index contributed by atoms with van der Waals surface area (Å²) in [7, 11) is 0. The number of amides is 1. The average Bonchev–Trinajstić information content (AvgIpc) is 2.75. The first-order valence-electron chi connectivity index (χ1n) is 9.02. The largest absolute Gasteiger partial charge is 0.476 e. The molecular weight excluding hydrogens is 425 g/mol. The topological polar surface area (TPSA) is 68.5 Å². The standard InChI is InChI=1S/C23H15Cl2NO4/c24-15-11-17-20(28)23(29-13-19(27)26-16-9-5-2-6-10-16)21(14-7-3-1-4-8-14)30-22(17)18(25)12-15/h1-12H,13H2,(H,26,27). The highest BCUT2D eigenvalue weighted by Crippen LogP contribution is 2.34. The van der Waals surface area contributed by atoms with Crippen molar-refractivity contribution in [2.24, 2.45) is 0 Å². The van der Waals surface area contributed by atoms with E-state index in [4.69, 9.17) is 32.4 Å². The number of benzene rings is 3. The van der Waals surface area contributed by atoms with E-state index >= 15 is 0 Å². The van der Waals surface area contributed by atoms with Gasteiger partial charge in [-0.2, -0.15) is 0 Å². The molecule has 7 heteroatoms. The van der Waals surface area contributed by atoms with Crippen molar-refractivity contribution < 1.29 is 13.9 Å². The molecule has 4 aromatic rings. The third-order valence-corrected chi connectivity index (χ3v) is 4.81. The predicted molar refractivity (Wildman–Crippen MR) is 119 cm³/mol. The summed E-state index contributed by atoms with van der Waals surface area (Å²) >= 11 is 12.3. The fourth-order valence-corrected chi connectivity index (χ4v) is 3.51. The molecule has 0 saturated heterocycles. The normalized spacial score (nSPS) is 10.7. The van der Waals surface area contributed by atoms with Crippen LogP contribution in [-0.4, -0.2) is 12.5 Å². The summed E-state index contributed by atoms with van der Waals surface area (Å²) in [4.78, 5) is 25.5. The van der Waals surface area contributed by atoms with Crippen molar-refractivity contribution >= 4 is 45.8 Å². The lowest BCUT2D eigenvalue weighted by atomic mass is 10.1. The molecule has 0 aliphatic heterocycles. The summed E-state index contributed by atoms with van der Waals surface area (Å²) in [5, 5.41) is 3.38. The van der Waals surface area contributed by atoms with Gasteiger partial charge in [-0.25, -0.2) is 0 Å². The van der Waals surface area contributed by atoms with Crippen molar-refractivity contribution in [1.29, 1.82) is 0 Å². The molecule has 0 saturated carbocycles. The second-order valence-electron chi connectivity index (χ2n) is 6.42. The summed E-state index contributed by atoms with van der Waals surface area (Å²) in [5.74, 6) is -0.316. The van der Waals surface area contributed by atoms with Crippen molar-refractivity contribution in [2.45, 2.75) is 0 Å². The Morgan fingerprint density at radius 2 is 1.63 bits per heavy atom. The molecule has 1 N–H and O–H groups in total. The zero-order valence-electron chi connectivity index (χ0n) is 15.5. The Kier molecular flexibility index (Phi) is 5.74. The molecule has 150 valence electrons. The highest BCUT2D eigenvalue weighted by atomic mass is 35.5. The van der Waals surface area contributed by atoms with Gasteiger partial charge in [0.2, 0.25) is 11.2 Å². The molecule has 0 bridgehead atoms. The Labute approximate surface area is 181 Å². The number of carbonyl (C=O) groups is 1.